The third-order valence-electron chi connectivity index (χ3n) is 3.15. The molecule has 1 unspecified atom stereocenters. The van der Waals surface area contributed by atoms with Crippen LogP contribution in [0, 0.1) is 0 Å². The van der Waals surface area contributed by atoms with Crippen molar-refractivity contribution in [3.63, 3.8) is 0 Å². The van der Waals surface area contributed by atoms with E-state index in [0.717, 1.165) is 5.13 Å². The molecule has 0 bridgehead atoms. The molecule has 1 heterocycles. The highest BCUT2D eigenvalue weighted by Gasteiger charge is 2.18. The van der Waals surface area contributed by atoms with E-state index in [9.17, 15) is 0 Å². The maximum atomic E-state index is 5.81. The molecule has 3 nitrogen and oxygen atoms in total. The van der Waals surface area contributed by atoms with Crippen LogP contribution in [0.3, 0.4) is 0 Å². The Balaban J connectivity index is 2.82. The van der Waals surface area contributed by atoms with E-state index in [1.807, 2.05) is 11.8 Å². The first-order valence-electron chi connectivity index (χ1n) is 6.42. The standard InChI is InChI=1S/C13H25N3S2/c1-9(2)12-11(8-14)18-13(15-12)16(4)10(3)6-7-17-5/h9-10H,6-8,14H2,1-5H3. The topological polar surface area (TPSA) is 42.2 Å². The Morgan fingerprint density at radius 3 is 2.50 bits per heavy atom. The lowest BCUT2D eigenvalue weighted by atomic mass is 10.1. The van der Waals surface area contributed by atoms with Gasteiger partial charge < -0.3 is 10.6 Å². The maximum Gasteiger partial charge on any atom is 0.185 e. The number of thioether (sulfide) groups is 1. The SMILES string of the molecule is CSCCC(C)N(C)c1nc(C(C)C)c(CN)s1. The van der Waals surface area contributed by atoms with Crippen molar-refractivity contribution in [3.05, 3.63) is 10.6 Å². The van der Waals surface area contributed by atoms with Crippen LogP contribution in [0.2, 0.25) is 0 Å². The molecule has 0 aliphatic heterocycles. The summed E-state index contributed by atoms with van der Waals surface area (Å²) in [5.41, 5.74) is 6.97. The van der Waals surface area contributed by atoms with E-state index in [4.69, 9.17) is 10.7 Å². The third-order valence-corrected chi connectivity index (χ3v) is 4.98. The Morgan fingerprint density at radius 1 is 1.39 bits per heavy atom. The van der Waals surface area contributed by atoms with Crippen LogP contribution in [0.5, 0.6) is 0 Å². The van der Waals surface area contributed by atoms with E-state index >= 15 is 0 Å². The van der Waals surface area contributed by atoms with Crippen LogP contribution in [-0.2, 0) is 6.54 Å². The van der Waals surface area contributed by atoms with Crippen molar-refractivity contribution >= 4 is 28.2 Å². The van der Waals surface area contributed by atoms with Crippen molar-refractivity contribution in [1.82, 2.24) is 4.98 Å². The van der Waals surface area contributed by atoms with Crippen molar-refractivity contribution in [1.29, 1.82) is 0 Å². The van der Waals surface area contributed by atoms with Crippen LogP contribution in [-0.4, -0.2) is 30.1 Å². The molecule has 1 atom stereocenters. The van der Waals surface area contributed by atoms with Gasteiger partial charge in [0.25, 0.3) is 0 Å². The van der Waals surface area contributed by atoms with Gasteiger partial charge in [-0.05, 0) is 31.3 Å². The van der Waals surface area contributed by atoms with E-state index < -0.39 is 0 Å². The molecule has 104 valence electrons. The summed E-state index contributed by atoms with van der Waals surface area (Å²) in [6, 6.07) is 0.522. The molecule has 0 amide bonds. The molecule has 0 fully saturated rings. The van der Waals surface area contributed by atoms with Gasteiger partial charge in [0.05, 0.1) is 5.69 Å². The molecule has 18 heavy (non-hydrogen) atoms. The Bertz CT molecular complexity index is 363. The van der Waals surface area contributed by atoms with E-state index in [-0.39, 0.29) is 0 Å². The number of anilines is 1. The molecule has 5 heteroatoms. The number of aromatic nitrogens is 1. The fraction of sp³-hybridized carbons (Fsp3) is 0.769. The summed E-state index contributed by atoms with van der Waals surface area (Å²) in [5.74, 6) is 1.64. The summed E-state index contributed by atoms with van der Waals surface area (Å²) in [6.07, 6.45) is 3.34. The zero-order valence-electron chi connectivity index (χ0n) is 12.1. The lowest BCUT2D eigenvalue weighted by Gasteiger charge is -2.24. The van der Waals surface area contributed by atoms with E-state index in [1.54, 1.807) is 11.3 Å². The Kier molecular flexibility index (Phi) is 6.46. The summed E-state index contributed by atoms with van der Waals surface area (Å²) in [5, 5.41) is 1.10. The van der Waals surface area contributed by atoms with Crippen molar-refractivity contribution in [2.75, 3.05) is 24.0 Å². The number of hydrogen-bond donors (Lipinski definition) is 1. The first-order chi connectivity index (χ1) is 8.51. The monoisotopic (exact) mass is 287 g/mol. The highest BCUT2D eigenvalue weighted by Crippen LogP contribution is 2.31. The van der Waals surface area contributed by atoms with Gasteiger partial charge in [-0.15, -0.1) is 11.3 Å². The van der Waals surface area contributed by atoms with Crippen molar-refractivity contribution in [2.24, 2.45) is 5.73 Å². The first kappa shape index (κ1) is 15.8. The van der Waals surface area contributed by atoms with Crippen molar-refractivity contribution in [3.8, 4) is 0 Å². The number of thiazole rings is 1. The van der Waals surface area contributed by atoms with Crippen LogP contribution >= 0.6 is 23.1 Å². The van der Waals surface area contributed by atoms with Crippen molar-refractivity contribution < 1.29 is 0 Å². The highest BCUT2D eigenvalue weighted by molar-refractivity contribution is 7.98. The lowest BCUT2D eigenvalue weighted by molar-refractivity contribution is 0.665. The Labute approximate surface area is 119 Å². The van der Waals surface area contributed by atoms with Crippen LogP contribution in [0.15, 0.2) is 0 Å². The molecule has 0 saturated heterocycles. The summed E-state index contributed by atoms with van der Waals surface area (Å²) in [6.45, 7) is 7.21. The van der Waals surface area contributed by atoms with E-state index in [0.29, 0.717) is 18.5 Å². The van der Waals surface area contributed by atoms with Gasteiger partial charge in [0.15, 0.2) is 5.13 Å². The number of rotatable bonds is 7. The third kappa shape index (κ3) is 3.87. The maximum absolute atomic E-state index is 5.81. The van der Waals surface area contributed by atoms with Crippen LogP contribution < -0.4 is 10.6 Å². The van der Waals surface area contributed by atoms with Crippen LogP contribution in [0.4, 0.5) is 5.13 Å². The summed E-state index contributed by atoms with van der Waals surface area (Å²) in [7, 11) is 2.13. The minimum Gasteiger partial charge on any atom is -0.348 e. The van der Waals surface area contributed by atoms with E-state index in [2.05, 4.69) is 39.0 Å². The van der Waals surface area contributed by atoms with Gasteiger partial charge in [-0.25, -0.2) is 4.98 Å². The molecule has 2 N–H and O–H groups in total. The van der Waals surface area contributed by atoms with Gasteiger partial charge in [0, 0.05) is 24.5 Å². The largest absolute Gasteiger partial charge is 0.348 e. The van der Waals surface area contributed by atoms with Crippen LogP contribution in [0.25, 0.3) is 0 Å². The van der Waals surface area contributed by atoms with Crippen molar-refractivity contribution in [2.45, 2.75) is 45.7 Å². The smallest absolute Gasteiger partial charge is 0.185 e. The highest BCUT2D eigenvalue weighted by atomic mass is 32.2. The zero-order valence-corrected chi connectivity index (χ0v) is 13.7. The summed E-state index contributed by atoms with van der Waals surface area (Å²) < 4.78 is 0. The predicted molar refractivity (Wildman–Crippen MR) is 85.0 cm³/mol. The fourth-order valence-corrected chi connectivity index (χ4v) is 3.50. The second-order valence-corrected chi connectivity index (χ2v) is 6.95. The quantitative estimate of drug-likeness (QED) is 0.835. The van der Waals surface area contributed by atoms with Gasteiger partial charge in [0.1, 0.15) is 0 Å². The number of nitrogens with zero attached hydrogens (tertiary/aromatic N) is 2. The molecule has 0 saturated carbocycles. The average Bonchev–Trinajstić information content (AvgIpc) is 2.79. The van der Waals surface area contributed by atoms with Gasteiger partial charge in [-0.1, -0.05) is 13.8 Å². The summed E-state index contributed by atoms with van der Waals surface area (Å²) >= 11 is 3.64. The van der Waals surface area contributed by atoms with E-state index in [1.165, 1.54) is 22.7 Å². The molecular weight excluding hydrogens is 262 g/mol. The molecule has 0 aliphatic rings. The first-order valence-corrected chi connectivity index (χ1v) is 8.63. The van der Waals surface area contributed by atoms with Crippen LogP contribution in [0.1, 0.15) is 43.7 Å². The average molecular weight is 287 g/mol. The normalized spacial score (nSPS) is 13.1. The fourth-order valence-electron chi connectivity index (χ4n) is 1.77. The summed E-state index contributed by atoms with van der Waals surface area (Å²) in [4.78, 5) is 8.28. The second-order valence-electron chi connectivity index (χ2n) is 4.91. The number of nitrogens with two attached hydrogens (primary N) is 1. The molecule has 1 rings (SSSR count). The Morgan fingerprint density at radius 2 is 2.06 bits per heavy atom. The van der Waals surface area contributed by atoms with Gasteiger partial charge in [-0.2, -0.15) is 11.8 Å². The number of hydrogen-bond acceptors (Lipinski definition) is 5. The van der Waals surface area contributed by atoms with Gasteiger partial charge >= 0.3 is 0 Å². The molecule has 0 aliphatic carbocycles. The Hall–Kier alpha value is -0.260. The minimum absolute atomic E-state index is 0.448. The second kappa shape index (κ2) is 7.36. The molecular formula is C13H25N3S2. The molecule has 0 aromatic carbocycles. The predicted octanol–water partition coefficient (Wildman–Crippen LogP) is 3.30. The lowest BCUT2D eigenvalue weighted by Crippen LogP contribution is -2.29. The zero-order chi connectivity index (χ0) is 13.7. The van der Waals surface area contributed by atoms with Gasteiger partial charge in [0.2, 0.25) is 0 Å². The molecule has 0 radical (unpaired) electrons. The van der Waals surface area contributed by atoms with Gasteiger partial charge in [-0.3, -0.25) is 0 Å². The molecule has 1 aromatic heterocycles. The molecule has 0 spiro atoms. The molecule has 1 aromatic rings. The minimum atomic E-state index is 0.448.